The van der Waals surface area contributed by atoms with Gasteiger partial charge in [-0.1, -0.05) is 107 Å². The fraction of sp³-hybridized carbons (Fsp3) is 0.435. The van der Waals surface area contributed by atoms with Crippen molar-refractivity contribution in [3.63, 3.8) is 0 Å². The molecule has 274 valence electrons. The van der Waals surface area contributed by atoms with Gasteiger partial charge in [0.05, 0.1) is 31.1 Å². The van der Waals surface area contributed by atoms with Crippen LogP contribution in [0, 0.1) is 11.8 Å². The molecule has 4 aromatic carbocycles. The Balaban J connectivity index is 0.993. The van der Waals surface area contributed by atoms with Crippen LogP contribution in [-0.2, 0) is 9.57 Å². The van der Waals surface area contributed by atoms with Crippen LogP contribution < -0.4 is 9.47 Å². The van der Waals surface area contributed by atoms with Crippen molar-refractivity contribution >= 4 is 22.5 Å². The van der Waals surface area contributed by atoms with Gasteiger partial charge in [-0.15, -0.1) is 0 Å². The first-order chi connectivity index (χ1) is 25.6. The lowest BCUT2D eigenvalue weighted by Crippen LogP contribution is -2.14. The highest BCUT2D eigenvalue weighted by Crippen LogP contribution is 2.24. The fourth-order valence-electron chi connectivity index (χ4n) is 6.23. The van der Waals surface area contributed by atoms with E-state index < -0.39 is 0 Å². The van der Waals surface area contributed by atoms with E-state index in [1.807, 2.05) is 48.5 Å². The van der Waals surface area contributed by atoms with Gasteiger partial charge < -0.3 is 19.0 Å². The van der Waals surface area contributed by atoms with Crippen molar-refractivity contribution in [1.29, 1.82) is 0 Å². The summed E-state index contributed by atoms with van der Waals surface area (Å²) in [4.78, 5) is 18.3. The van der Waals surface area contributed by atoms with Gasteiger partial charge in [-0.3, -0.25) is 0 Å². The number of ether oxygens (including phenoxy) is 3. The molecule has 0 saturated carbocycles. The molecule has 4 aromatic rings. The Labute approximate surface area is 310 Å². The molecule has 5 rings (SSSR count). The Kier molecular flexibility index (Phi) is 16.0. The van der Waals surface area contributed by atoms with Gasteiger partial charge in [-0.05, 0) is 102 Å². The highest BCUT2D eigenvalue weighted by molar-refractivity contribution is 6.01. The normalized spacial score (nSPS) is 13.6. The molecule has 0 N–H and O–H groups in total. The number of carbonyl (C=O) groups excluding carboxylic acids is 1. The summed E-state index contributed by atoms with van der Waals surface area (Å²) in [6, 6.07) is 27.7. The lowest BCUT2D eigenvalue weighted by Gasteiger charge is -2.09. The third-order valence-corrected chi connectivity index (χ3v) is 9.41. The molecule has 1 aliphatic rings. The highest BCUT2D eigenvalue weighted by Gasteiger charge is 2.22. The topological polar surface area (TPSA) is 66.3 Å². The summed E-state index contributed by atoms with van der Waals surface area (Å²) >= 11 is 0. The largest absolute Gasteiger partial charge is 0.494 e. The van der Waals surface area contributed by atoms with Crippen LogP contribution in [0.2, 0.25) is 0 Å². The van der Waals surface area contributed by atoms with E-state index >= 15 is 0 Å². The minimum Gasteiger partial charge on any atom is -0.494 e. The lowest BCUT2D eigenvalue weighted by molar-refractivity contribution is 0.0329. The number of benzene rings is 4. The van der Waals surface area contributed by atoms with Gasteiger partial charge in [0.2, 0.25) is 0 Å². The third-order valence-electron chi connectivity index (χ3n) is 9.41. The number of hydrogen-bond donors (Lipinski definition) is 0. The summed E-state index contributed by atoms with van der Waals surface area (Å²) < 4.78 is 17.5. The molecule has 0 aliphatic carbocycles. The molecule has 0 amide bonds. The van der Waals surface area contributed by atoms with Crippen molar-refractivity contribution in [1.82, 2.24) is 0 Å². The van der Waals surface area contributed by atoms with Crippen molar-refractivity contribution in [2.75, 3.05) is 19.8 Å². The highest BCUT2D eigenvalue weighted by atomic mass is 16.6. The third kappa shape index (κ3) is 12.8. The Morgan fingerprint density at radius 1 is 0.654 bits per heavy atom. The van der Waals surface area contributed by atoms with Crippen LogP contribution in [-0.4, -0.2) is 37.6 Å². The van der Waals surface area contributed by atoms with E-state index in [1.54, 1.807) is 12.1 Å². The molecule has 52 heavy (non-hydrogen) atoms. The van der Waals surface area contributed by atoms with Crippen LogP contribution in [0.25, 0.3) is 10.8 Å². The number of esters is 1. The molecule has 0 radical (unpaired) electrons. The van der Waals surface area contributed by atoms with E-state index in [9.17, 15) is 4.79 Å². The Morgan fingerprint density at radius 3 is 1.94 bits per heavy atom. The minimum atomic E-state index is -0.361. The van der Waals surface area contributed by atoms with Crippen LogP contribution in [0.3, 0.4) is 0 Å². The van der Waals surface area contributed by atoms with Crippen molar-refractivity contribution in [2.45, 2.75) is 110 Å². The van der Waals surface area contributed by atoms with Crippen LogP contribution in [0.1, 0.15) is 131 Å². The zero-order valence-corrected chi connectivity index (χ0v) is 31.2. The number of unbranched alkanes of at least 4 members (excludes halogenated alkanes) is 10. The van der Waals surface area contributed by atoms with Crippen molar-refractivity contribution < 1.29 is 23.8 Å². The zero-order chi connectivity index (χ0) is 36.2. The number of oxime groups is 1. The molecule has 0 spiro atoms. The maximum atomic E-state index is 12.7. The molecular weight excluding hydrogens is 647 g/mol. The van der Waals surface area contributed by atoms with Gasteiger partial charge in [0, 0.05) is 24.0 Å². The molecule has 0 bridgehead atoms. The number of rotatable bonds is 21. The van der Waals surface area contributed by atoms with Gasteiger partial charge in [0.15, 0.2) is 0 Å². The maximum Gasteiger partial charge on any atom is 0.338 e. The Bertz CT molecular complexity index is 1770. The van der Waals surface area contributed by atoms with E-state index in [0.29, 0.717) is 18.4 Å². The number of hydrogen-bond acceptors (Lipinski definition) is 6. The second-order valence-corrected chi connectivity index (χ2v) is 13.7. The Morgan fingerprint density at radius 2 is 1.23 bits per heavy atom. The summed E-state index contributed by atoms with van der Waals surface area (Å²) in [6.07, 6.45) is 16.1. The number of nitrogens with zero attached hydrogens (tertiary/aromatic N) is 1. The minimum absolute atomic E-state index is 0.121. The Hall–Kier alpha value is -4.76. The molecular formula is C46H55NO5. The van der Waals surface area contributed by atoms with Gasteiger partial charge in [0.25, 0.3) is 0 Å². The second kappa shape index (κ2) is 21.6. The van der Waals surface area contributed by atoms with Crippen molar-refractivity contribution in [2.24, 2.45) is 5.16 Å². The SMILES string of the molecule is CCCCCCCCOc1ccc(C2=NOC(CCOC(=O)c3ccc(C#Cc4ccc5cc(OCCCCCCCC)ccc5c4)cc3)C2)cc1. The van der Waals surface area contributed by atoms with Gasteiger partial charge in [-0.2, -0.15) is 0 Å². The van der Waals surface area contributed by atoms with Crippen LogP contribution in [0.15, 0.2) is 90.1 Å². The second-order valence-electron chi connectivity index (χ2n) is 13.7. The average molecular weight is 702 g/mol. The summed E-state index contributed by atoms with van der Waals surface area (Å²) in [7, 11) is 0. The van der Waals surface area contributed by atoms with Gasteiger partial charge in [-0.25, -0.2) is 4.79 Å². The van der Waals surface area contributed by atoms with Crippen molar-refractivity contribution in [3.05, 3.63) is 107 Å². The standard InChI is InChI=1S/C46H55NO5/c1-3-5-7-9-11-13-30-49-42-26-23-38(24-27-42)45-35-44(52-47-45)29-32-51-46(48)39-20-17-36(18-21-39)15-16-37-19-22-41-34-43(28-25-40(41)33-37)50-31-14-12-10-8-6-4-2/h17-28,33-34,44H,3-14,29-32,35H2,1-2H3. The summed E-state index contributed by atoms with van der Waals surface area (Å²) in [5, 5.41) is 6.55. The van der Waals surface area contributed by atoms with E-state index in [2.05, 4.69) is 55.1 Å². The first kappa shape index (κ1) is 38.5. The lowest BCUT2D eigenvalue weighted by atomic mass is 10.0. The molecule has 6 heteroatoms. The molecule has 1 aliphatic heterocycles. The van der Waals surface area contributed by atoms with E-state index in [-0.39, 0.29) is 18.7 Å². The monoisotopic (exact) mass is 701 g/mol. The molecule has 0 saturated heterocycles. The summed E-state index contributed by atoms with van der Waals surface area (Å²) in [5.41, 5.74) is 4.18. The first-order valence-electron chi connectivity index (χ1n) is 19.5. The zero-order valence-electron chi connectivity index (χ0n) is 31.2. The molecule has 1 unspecified atom stereocenters. The molecule has 1 atom stereocenters. The molecule has 1 heterocycles. The van der Waals surface area contributed by atoms with Crippen LogP contribution >= 0.6 is 0 Å². The molecule has 0 fully saturated rings. The average Bonchev–Trinajstić information content (AvgIpc) is 3.65. The predicted molar refractivity (Wildman–Crippen MR) is 211 cm³/mol. The maximum absolute atomic E-state index is 12.7. The van der Waals surface area contributed by atoms with E-state index in [1.165, 1.54) is 64.2 Å². The quantitative estimate of drug-likeness (QED) is 0.0491. The van der Waals surface area contributed by atoms with Gasteiger partial charge >= 0.3 is 5.97 Å². The summed E-state index contributed by atoms with van der Waals surface area (Å²) in [5.74, 6) is 7.89. The fourth-order valence-corrected chi connectivity index (χ4v) is 6.23. The summed E-state index contributed by atoms with van der Waals surface area (Å²) in [6.45, 7) is 6.25. The number of carbonyl (C=O) groups is 1. The van der Waals surface area contributed by atoms with E-state index in [0.717, 1.165) is 70.7 Å². The molecule has 0 aromatic heterocycles. The van der Waals surface area contributed by atoms with Crippen LogP contribution in [0.4, 0.5) is 0 Å². The predicted octanol–water partition coefficient (Wildman–Crippen LogP) is 11.5. The molecule has 6 nitrogen and oxygen atoms in total. The van der Waals surface area contributed by atoms with Crippen molar-refractivity contribution in [3.8, 4) is 23.3 Å². The smallest absolute Gasteiger partial charge is 0.338 e. The first-order valence-corrected chi connectivity index (χ1v) is 19.5. The van der Waals surface area contributed by atoms with E-state index in [4.69, 9.17) is 19.0 Å². The number of fused-ring (bicyclic) bond motifs is 1. The van der Waals surface area contributed by atoms with Gasteiger partial charge in [0.1, 0.15) is 17.6 Å². The van der Waals surface area contributed by atoms with Crippen LogP contribution in [0.5, 0.6) is 11.5 Å².